The van der Waals surface area contributed by atoms with Gasteiger partial charge in [0.15, 0.2) is 0 Å². The minimum absolute atomic E-state index is 0.205. The fraction of sp³-hybridized carbons (Fsp3) is 0.421. The van der Waals surface area contributed by atoms with Crippen molar-refractivity contribution in [3.63, 3.8) is 0 Å². The summed E-state index contributed by atoms with van der Waals surface area (Å²) >= 11 is 0. The van der Waals surface area contributed by atoms with Gasteiger partial charge < -0.3 is 15.1 Å². The van der Waals surface area contributed by atoms with Gasteiger partial charge in [-0.05, 0) is 32.9 Å². The lowest BCUT2D eigenvalue weighted by atomic mass is 10.1. The fourth-order valence-corrected chi connectivity index (χ4v) is 2.93. The number of anilines is 2. The third-order valence-corrected chi connectivity index (χ3v) is 4.17. The van der Waals surface area contributed by atoms with E-state index in [1.165, 1.54) is 12.4 Å². The second-order valence-electron chi connectivity index (χ2n) is 7.39. The van der Waals surface area contributed by atoms with Gasteiger partial charge in [-0.1, -0.05) is 12.1 Å². The molecule has 0 atom stereocenters. The van der Waals surface area contributed by atoms with Crippen molar-refractivity contribution >= 4 is 17.4 Å². The van der Waals surface area contributed by atoms with Crippen LogP contribution < -0.4 is 15.1 Å². The number of aromatic nitrogens is 2. The maximum absolute atomic E-state index is 14.0. The molecule has 1 aliphatic rings. The topological polar surface area (TPSA) is 61.4 Å². The van der Waals surface area contributed by atoms with E-state index in [9.17, 15) is 9.18 Å². The summed E-state index contributed by atoms with van der Waals surface area (Å²) in [6.07, 6.45) is 1.41. The quantitative estimate of drug-likeness (QED) is 0.914. The van der Waals surface area contributed by atoms with Gasteiger partial charge in [-0.15, -0.1) is 0 Å². The molecule has 138 valence electrons. The monoisotopic (exact) mass is 357 g/mol. The molecule has 0 saturated carbocycles. The van der Waals surface area contributed by atoms with E-state index >= 15 is 0 Å². The normalized spacial score (nSPS) is 15.1. The number of para-hydroxylation sites is 1. The highest BCUT2D eigenvalue weighted by Crippen LogP contribution is 2.22. The van der Waals surface area contributed by atoms with Crippen LogP contribution in [-0.4, -0.2) is 47.6 Å². The lowest BCUT2D eigenvalue weighted by Crippen LogP contribution is -2.47. The van der Waals surface area contributed by atoms with Crippen molar-refractivity contribution in [1.29, 1.82) is 0 Å². The molecule has 1 aliphatic heterocycles. The average Bonchev–Trinajstić information content (AvgIpc) is 2.61. The van der Waals surface area contributed by atoms with Crippen LogP contribution in [0.3, 0.4) is 0 Å². The molecule has 26 heavy (non-hydrogen) atoms. The molecule has 1 aromatic heterocycles. The highest BCUT2D eigenvalue weighted by Gasteiger charge is 2.22. The zero-order valence-corrected chi connectivity index (χ0v) is 15.4. The predicted molar refractivity (Wildman–Crippen MR) is 100 cm³/mol. The van der Waals surface area contributed by atoms with Crippen LogP contribution in [0.25, 0.3) is 0 Å². The lowest BCUT2D eigenvalue weighted by Gasteiger charge is -2.36. The number of nitrogens with zero attached hydrogens (tertiary/aromatic N) is 4. The SMILES string of the molecule is CC(C)(C)NC(=O)c1cc(N2CCN(c3ccccc3F)CC2)ncn1. The molecule has 6 nitrogen and oxygen atoms in total. The molecule has 1 aromatic carbocycles. The smallest absolute Gasteiger partial charge is 0.270 e. The van der Waals surface area contributed by atoms with Crippen molar-refractivity contribution in [3.05, 3.63) is 48.2 Å². The van der Waals surface area contributed by atoms with Crippen LogP contribution in [0.2, 0.25) is 0 Å². The molecule has 2 heterocycles. The largest absolute Gasteiger partial charge is 0.366 e. The summed E-state index contributed by atoms with van der Waals surface area (Å²) in [7, 11) is 0. The highest BCUT2D eigenvalue weighted by molar-refractivity contribution is 5.93. The molecule has 0 spiro atoms. The van der Waals surface area contributed by atoms with Crippen LogP contribution in [0.4, 0.5) is 15.9 Å². The van der Waals surface area contributed by atoms with Gasteiger partial charge in [0.25, 0.3) is 5.91 Å². The van der Waals surface area contributed by atoms with E-state index in [-0.39, 0.29) is 17.3 Å². The van der Waals surface area contributed by atoms with Crippen molar-refractivity contribution in [2.45, 2.75) is 26.3 Å². The van der Waals surface area contributed by atoms with Gasteiger partial charge in [-0.3, -0.25) is 4.79 Å². The molecule has 3 rings (SSSR count). The van der Waals surface area contributed by atoms with Crippen LogP contribution in [0.15, 0.2) is 36.7 Å². The van der Waals surface area contributed by atoms with Crippen molar-refractivity contribution in [3.8, 4) is 0 Å². The Kier molecular flexibility index (Phi) is 5.06. The Morgan fingerprint density at radius 1 is 1.08 bits per heavy atom. The standard InChI is InChI=1S/C19H24FN5O/c1-19(2,3)23-18(26)15-12-17(22-13-21-15)25-10-8-24(9-11-25)16-7-5-4-6-14(16)20/h4-7,12-13H,8-11H2,1-3H3,(H,23,26). The van der Waals surface area contributed by atoms with Crippen LogP contribution in [-0.2, 0) is 0 Å². The van der Waals surface area contributed by atoms with Gasteiger partial charge in [-0.25, -0.2) is 14.4 Å². The van der Waals surface area contributed by atoms with E-state index in [0.29, 0.717) is 43.4 Å². The number of halogens is 1. The van der Waals surface area contributed by atoms with Gasteiger partial charge >= 0.3 is 0 Å². The molecule has 0 bridgehead atoms. The summed E-state index contributed by atoms with van der Waals surface area (Å²) in [5.74, 6) is 0.294. The van der Waals surface area contributed by atoms with Crippen molar-refractivity contribution in [2.24, 2.45) is 0 Å². The number of hydrogen-bond donors (Lipinski definition) is 1. The Bertz CT molecular complexity index is 781. The number of amides is 1. The number of piperazine rings is 1. The zero-order chi connectivity index (χ0) is 18.7. The number of benzene rings is 1. The molecule has 0 radical (unpaired) electrons. The molecule has 1 saturated heterocycles. The van der Waals surface area contributed by atoms with Gasteiger partial charge in [0.05, 0.1) is 5.69 Å². The molecule has 2 aromatic rings. The second kappa shape index (κ2) is 7.27. The van der Waals surface area contributed by atoms with E-state index in [1.54, 1.807) is 18.2 Å². The van der Waals surface area contributed by atoms with Gasteiger partial charge in [0, 0.05) is 37.8 Å². The summed E-state index contributed by atoms with van der Waals surface area (Å²) in [6, 6.07) is 8.52. The predicted octanol–water partition coefficient (Wildman–Crippen LogP) is 2.47. The van der Waals surface area contributed by atoms with Crippen molar-refractivity contribution in [2.75, 3.05) is 36.0 Å². The Hall–Kier alpha value is -2.70. The van der Waals surface area contributed by atoms with Crippen LogP contribution in [0.5, 0.6) is 0 Å². The molecule has 1 fully saturated rings. The van der Waals surface area contributed by atoms with E-state index in [2.05, 4.69) is 20.2 Å². The average molecular weight is 357 g/mol. The van der Waals surface area contributed by atoms with E-state index in [1.807, 2.05) is 31.7 Å². The molecule has 0 unspecified atom stereocenters. The lowest BCUT2D eigenvalue weighted by molar-refractivity contribution is 0.0914. The van der Waals surface area contributed by atoms with E-state index in [0.717, 1.165) is 0 Å². The number of carbonyl (C=O) groups excluding carboxylic acids is 1. The number of nitrogens with one attached hydrogen (secondary N) is 1. The van der Waals surface area contributed by atoms with E-state index in [4.69, 9.17) is 0 Å². The molecule has 0 aliphatic carbocycles. The summed E-state index contributed by atoms with van der Waals surface area (Å²) < 4.78 is 14.0. The minimum atomic E-state index is -0.326. The Morgan fingerprint density at radius 2 is 1.73 bits per heavy atom. The number of carbonyl (C=O) groups is 1. The third-order valence-electron chi connectivity index (χ3n) is 4.17. The zero-order valence-electron chi connectivity index (χ0n) is 15.4. The minimum Gasteiger partial charge on any atom is -0.366 e. The van der Waals surface area contributed by atoms with Crippen molar-refractivity contribution in [1.82, 2.24) is 15.3 Å². The van der Waals surface area contributed by atoms with Gasteiger partial charge in [-0.2, -0.15) is 0 Å². The third kappa shape index (κ3) is 4.28. The van der Waals surface area contributed by atoms with Gasteiger partial charge in [0.2, 0.25) is 0 Å². The maximum Gasteiger partial charge on any atom is 0.270 e. The Labute approximate surface area is 153 Å². The first kappa shape index (κ1) is 18.1. The van der Waals surface area contributed by atoms with Gasteiger partial charge in [0.1, 0.15) is 23.7 Å². The summed E-state index contributed by atoms with van der Waals surface area (Å²) in [6.45, 7) is 8.55. The first-order valence-electron chi connectivity index (χ1n) is 8.72. The second-order valence-corrected chi connectivity index (χ2v) is 7.39. The number of hydrogen-bond acceptors (Lipinski definition) is 5. The Balaban J connectivity index is 1.67. The van der Waals surface area contributed by atoms with Crippen LogP contribution >= 0.6 is 0 Å². The van der Waals surface area contributed by atoms with E-state index < -0.39 is 0 Å². The maximum atomic E-state index is 14.0. The molecular weight excluding hydrogens is 333 g/mol. The molecule has 1 N–H and O–H groups in total. The van der Waals surface area contributed by atoms with Crippen LogP contribution in [0, 0.1) is 5.82 Å². The summed E-state index contributed by atoms with van der Waals surface area (Å²) in [5.41, 5.74) is 0.648. The van der Waals surface area contributed by atoms with Crippen LogP contribution in [0.1, 0.15) is 31.3 Å². The fourth-order valence-electron chi connectivity index (χ4n) is 2.93. The highest BCUT2D eigenvalue weighted by atomic mass is 19.1. The Morgan fingerprint density at radius 3 is 2.38 bits per heavy atom. The first-order chi connectivity index (χ1) is 12.3. The molecule has 1 amide bonds. The molecule has 7 heteroatoms. The first-order valence-corrected chi connectivity index (χ1v) is 8.72. The summed E-state index contributed by atoms with van der Waals surface area (Å²) in [4.78, 5) is 24.8. The number of rotatable bonds is 3. The summed E-state index contributed by atoms with van der Waals surface area (Å²) in [5, 5.41) is 2.90. The van der Waals surface area contributed by atoms with Crippen molar-refractivity contribution < 1.29 is 9.18 Å². The molecular formula is C19H24FN5O.